The summed E-state index contributed by atoms with van der Waals surface area (Å²) in [7, 11) is 3.43. The highest BCUT2D eigenvalue weighted by atomic mass is 16.5. The zero-order valence-electron chi connectivity index (χ0n) is 13.4. The van der Waals surface area contributed by atoms with Crippen LogP contribution < -0.4 is 4.74 Å². The molecular weight excluding hydrogens is 284 g/mol. The van der Waals surface area contributed by atoms with E-state index < -0.39 is 5.60 Å². The first-order valence-electron chi connectivity index (χ1n) is 7.62. The molecule has 2 heteroatoms. The number of hydrogen-bond donors (Lipinski definition) is 0. The Kier molecular flexibility index (Phi) is 4.45. The average Bonchev–Trinajstić information content (AvgIpc) is 2.65. The van der Waals surface area contributed by atoms with Gasteiger partial charge in [-0.15, -0.1) is 0 Å². The number of benzene rings is 3. The first-order chi connectivity index (χ1) is 11.3. The Hall–Kier alpha value is -2.58. The molecule has 0 aromatic heterocycles. The zero-order chi connectivity index (χ0) is 16.1. The lowest BCUT2D eigenvalue weighted by atomic mass is 9.80. The molecule has 3 aromatic rings. The van der Waals surface area contributed by atoms with E-state index in [1.807, 2.05) is 48.5 Å². The Morgan fingerprint density at radius 1 is 0.565 bits per heavy atom. The van der Waals surface area contributed by atoms with Crippen LogP contribution in [0.5, 0.6) is 5.75 Å². The Morgan fingerprint density at radius 3 is 1.39 bits per heavy atom. The molecule has 3 aromatic carbocycles. The SMILES string of the molecule is COc1ccc(C(OC)(c2ccccc2)c2ccccc2)cc1. The number of ether oxygens (including phenoxy) is 2. The van der Waals surface area contributed by atoms with Gasteiger partial charge in [-0.1, -0.05) is 72.8 Å². The monoisotopic (exact) mass is 304 g/mol. The maximum atomic E-state index is 6.13. The summed E-state index contributed by atoms with van der Waals surface area (Å²) >= 11 is 0. The Bertz CT molecular complexity index is 694. The van der Waals surface area contributed by atoms with E-state index in [1.54, 1.807) is 14.2 Å². The van der Waals surface area contributed by atoms with Gasteiger partial charge < -0.3 is 9.47 Å². The molecule has 0 heterocycles. The van der Waals surface area contributed by atoms with Gasteiger partial charge >= 0.3 is 0 Å². The van der Waals surface area contributed by atoms with Crippen LogP contribution in [0.4, 0.5) is 0 Å². The summed E-state index contributed by atoms with van der Waals surface area (Å²) in [6, 6.07) is 28.6. The Balaban J connectivity index is 2.24. The van der Waals surface area contributed by atoms with Gasteiger partial charge in [-0.2, -0.15) is 0 Å². The van der Waals surface area contributed by atoms with Crippen LogP contribution in [-0.4, -0.2) is 14.2 Å². The summed E-state index contributed by atoms with van der Waals surface area (Å²) in [5.41, 5.74) is 2.62. The molecule has 0 fully saturated rings. The molecule has 0 spiro atoms. The highest BCUT2D eigenvalue weighted by Crippen LogP contribution is 2.40. The number of methoxy groups -OCH3 is 2. The van der Waals surface area contributed by atoms with Crippen molar-refractivity contribution in [3.8, 4) is 5.75 Å². The van der Waals surface area contributed by atoms with Crippen LogP contribution in [0.2, 0.25) is 0 Å². The molecule has 0 saturated heterocycles. The van der Waals surface area contributed by atoms with Gasteiger partial charge in [-0.25, -0.2) is 0 Å². The van der Waals surface area contributed by atoms with Gasteiger partial charge in [-0.3, -0.25) is 0 Å². The van der Waals surface area contributed by atoms with Gasteiger partial charge in [0.15, 0.2) is 0 Å². The topological polar surface area (TPSA) is 18.5 Å². The first-order valence-corrected chi connectivity index (χ1v) is 7.62. The van der Waals surface area contributed by atoms with Gasteiger partial charge in [0.25, 0.3) is 0 Å². The minimum atomic E-state index is -0.644. The molecule has 0 N–H and O–H groups in total. The number of hydrogen-bond acceptors (Lipinski definition) is 2. The average molecular weight is 304 g/mol. The highest BCUT2D eigenvalue weighted by molar-refractivity contribution is 5.48. The van der Waals surface area contributed by atoms with E-state index in [2.05, 4.69) is 36.4 Å². The molecule has 0 aliphatic carbocycles. The minimum absolute atomic E-state index is 0.644. The number of rotatable bonds is 5. The van der Waals surface area contributed by atoms with Gasteiger partial charge in [0.1, 0.15) is 11.4 Å². The molecule has 0 aliphatic rings. The normalized spacial score (nSPS) is 11.2. The van der Waals surface area contributed by atoms with E-state index in [4.69, 9.17) is 9.47 Å². The molecule has 0 atom stereocenters. The molecule has 0 saturated carbocycles. The smallest absolute Gasteiger partial charge is 0.143 e. The van der Waals surface area contributed by atoms with Crippen molar-refractivity contribution >= 4 is 0 Å². The van der Waals surface area contributed by atoms with Crippen LogP contribution >= 0.6 is 0 Å². The molecule has 0 amide bonds. The molecule has 116 valence electrons. The van der Waals surface area contributed by atoms with Crippen LogP contribution in [-0.2, 0) is 10.3 Å². The van der Waals surface area contributed by atoms with E-state index >= 15 is 0 Å². The lowest BCUT2D eigenvalue weighted by Crippen LogP contribution is -2.31. The summed E-state index contributed by atoms with van der Waals surface area (Å²) in [6.07, 6.45) is 0. The lowest BCUT2D eigenvalue weighted by Gasteiger charge is -2.34. The van der Waals surface area contributed by atoms with Crippen molar-refractivity contribution < 1.29 is 9.47 Å². The van der Waals surface area contributed by atoms with Gasteiger partial charge in [0.2, 0.25) is 0 Å². The first kappa shape index (κ1) is 15.3. The largest absolute Gasteiger partial charge is 0.497 e. The summed E-state index contributed by atoms with van der Waals surface area (Å²) in [4.78, 5) is 0. The Labute approximate surface area is 137 Å². The Morgan fingerprint density at radius 2 is 1.00 bits per heavy atom. The molecular formula is C21H20O2. The molecule has 2 nitrogen and oxygen atoms in total. The van der Waals surface area contributed by atoms with Gasteiger partial charge in [0, 0.05) is 7.11 Å². The van der Waals surface area contributed by atoms with Crippen LogP contribution in [0.15, 0.2) is 84.9 Å². The van der Waals surface area contributed by atoms with Gasteiger partial charge in [0.05, 0.1) is 7.11 Å². The lowest BCUT2D eigenvalue weighted by molar-refractivity contribution is 0.0585. The fourth-order valence-corrected chi connectivity index (χ4v) is 3.03. The summed E-state index contributed by atoms with van der Waals surface area (Å²) in [5.74, 6) is 0.833. The van der Waals surface area contributed by atoms with E-state index in [0.717, 1.165) is 22.4 Å². The van der Waals surface area contributed by atoms with E-state index in [9.17, 15) is 0 Å². The summed E-state index contributed by atoms with van der Waals surface area (Å²) in [6.45, 7) is 0. The van der Waals surface area contributed by atoms with E-state index in [-0.39, 0.29) is 0 Å². The van der Waals surface area contributed by atoms with Gasteiger partial charge in [-0.05, 0) is 28.8 Å². The standard InChI is InChI=1S/C21H20O2/c1-22-20-15-13-19(14-16-20)21(23-2,17-9-5-3-6-10-17)18-11-7-4-8-12-18/h3-16H,1-2H3. The molecule has 23 heavy (non-hydrogen) atoms. The van der Waals surface area contributed by atoms with E-state index in [1.165, 1.54) is 0 Å². The maximum Gasteiger partial charge on any atom is 0.143 e. The quantitative estimate of drug-likeness (QED) is 0.640. The summed E-state index contributed by atoms with van der Waals surface area (Å²) < 4.78 is 11.4. The van der Waals surface area contributed by atoms with Crippen LogP contribution in [0, 0.1) is 0 Å². The second-order valence-electron chi connectivity index (χ2n) is 5.35. The second kappa shape index (κ2) is 6.67. The predicted molar refractivity (Wildman–Crippen MR) is 92.8 cm³/mol. The van der Waals surface area contributed by atoms with Crippen molar-refractivity contribution in [1.82, 2.24) is 0 Å². The highest BCUT2D eigenvalue weighted by Gasteiger charge is 2.36. The van der Waals surface area contributed by atoms with Crippen molar-refractivity contribution in [2.75, 3.05) is 14.2 Å². The van der Waals surface area contributed by atoms with E-state index in [0.29, 0.717) is 0 Å². The molecule has 0 unspecified atom stereocenters. The maximum absolute atomic E-state index is 6.13. The fraction of sp³-hybridized carbons (Fsp3) is 0.143. The van der Waals surface area contributed by atoms with Crippen LogP contribution in [0.3, 0.4) is 0 Å². The fourth-order valence-electron chi connectivity index (χ4n) is 3.03. The molecule has 3 rings (SSSR count). The predicted octanol–water partition coefficient (Wildman–Crippen LogP) is 4.63. The van der Waals surface area contributed by atoms with Crippen LogP contribution in [0.25, 0.3) is 0 Å². The molecule has 0 aliphatic heterocycles. The van der Waals surface area contributed by atoms with Crippen molar-refractivity contribution in [1.29, 1.82) is 0 Å². The minimum Gasteiger partial charge on any atom is -0.497 e. The zero-order valence-corrected chi connectivity index (χ0v) is 13.4. The third-order valence-electron chi connectivity index (χ3n) is 4.16. The summed E-state index contributed by atoms with van der Waals surface area (Å²) in [5, 5.41) is 0. The third kappa shape index (κ3) is 2.73. The molecule has 0 bridgehead atoms. The second-order valence-corrected chi connectivity index (χ2v) is 5.35. The van der Waals surface area contributed by atoms with Crippen molar-refractivity contribution in [3.63, 3.8) is 0 Å². The van der Waals surface area contributed by atoms with Crippen LogP contribution in [0.1, 0.15) is 16.7 Å². The van der Waals surface area contributed by atoms with Crippen molar-refractivity contribution in [3.05, 3.63) is 102 Å². The third-order valence-corrected chi connectivity index (χ3v) is 4.16. The van der Waals surface area contributed by atoms with Crippen molar-refractivity contribution in [2.45, 2.75) is 5.60 Å². The molecule has 0 radical (unpaired) electrons. The van der Waals surface area contributed by atoms with Crippen molar-refractivity contribution in [2.24, 2.45) is 0 Å².